The van der Waals surface area contributed by atoms with Gasteiger partial charge >= 0.3 is 0 Å². The van der Waals surface area contributed by atoms with Crippen LogP contribution in [0.15, 0.2) is 24.3 Å². The molecule has 4 nitrogen and oxygen atoms in total. The predicted octanol–water partition coefficient (Wildman–Crippen LogP) is 1.23. The molecule has 17 heavy (non-hydrogen) atoms. The van der Waals surface area contributed by atoms with Crippen molar-refractivity contribution in [2.24, 2.45) is 5.73 Å². The van der Waals surface area contributed by atoms with Crippen LogP contribution in [0.2, 0.25) is 0 Å². The molecule has 1 aromatic rings. The first-order valence-corrected chi connectivity index (χ1v) is 6.13. The molecular formula is C13H19N3O. The van der Waals surface area contributed by atoms with Gasteiger partial charge in [0.05, 0.1) is 6.04 Å². The molecule has 0 bridgehead atoms. The minimum atomic E-state index is -0.0507. The second kappa shape index (κ2) is 5.80. The van der Waals surface area contributed by atoms with Crippen LogP contribution in [0.4, 0.5) is 5.69 Å². The van der Waals surface area contributed by atoms with Crippen molar-refractivity contribution >= 4 is 11.6 Å². The zero-order valence-corrected chi connectivity index (χ0v) is 9.91. The van der Waals surface area contributed by atoms with Crippen molar-refractivity contribution in [3.8, 4) is 0 Å². The summed E-state index contributed by atoms with van der Waals surface area (Å²) in [6.07, 6.45) is 3.20. The molecule has 1 heterocycles. The van der Waals surface area contributed by atoms with Crippen LogP contribution in [-0.2, 0) is 11.3 Å². The molecule has 1 atom stereocenters. The van der Waals surface area contributed by atoms with E-state index >= 15 is 0 Å². The van der Waals surface area contributed by atoms with Gasteiger partial charge in [-0.1, -0.05) is 18.6 Å². The van der Waals surface area contributed by atoms with E-state index in [-0.39, 0.29) is 11.9 Å². The van der Waals surface area contributed by atoms with E-state index in [1.54, 1.807) is 0 Å². The lowest BCUT2D eigenvalue weighted by Crippen LogP contribution is -2.43. The zero-order chi connectivity index (χ0) is 12.1. The fourth-order valence-electron chi connectivity index (χ4n) is 2.08. The second-order valence-corrected chi connectivity index (χ2v) is 4.40. The molecule has 0 aromatic heterocycles. The fraction of sp³-hybridized carbons (Fsp3) is 0.462. The fourth-order valence-corrected chi connectivity index (χ4v) is 2.08. The summed E-state index contributed by atoms with van der Waals surface area (Å²) in [4.78, 5) is 12.0. The van der Waals surface area contributed by atoms with Crippen molar-refractivity contribution in [1.29, 1.82) is 0 Å². The van der Waals surface area contributed by atoms with Crippen molar-refractivity contribution in [3.63, 3.8) is 0 Å². The van der Waals surface area contributed by atoms with Gasteiger partial charge in [-0.05, 0) is 37.1 Å². The van der Waals surface area contributed by atoms with E-state index in [2.05, 4.69) is 10.6 Å². The minimum Gasteiger partial charge on any atom is -0.326 e. The highest BCUT2D eigenvalue weighted by molar-refractivity contribution is 5.94. The summed E-state index contributed by atoms with van der Waals surface area (Å²) in [5.74, 6) is 0.0545. The van der Waals surface area contributed by atoms with Crippen LogP contribution in [0.25, 0.3) is 0 Å². The Kier molecular flexibility index (Phi) is 4.12. The summed E-state index contributed by atoms with van der Waals surface area (Å²) >= 11 is 0. The number of carbonyl (C=O) groups is 1. The minimum absolute atomic E-state index is 0.0507. The van der Waals surface area contributed by atoms with Gasteiger partial charge in [0.25, 0.3) is 0 Å². The Balaban J connectivity index is 1.96. The van der Waals surface area contributed by atoms with Gasteiger partial charge in [-0.15, -0.1) is 0 Å². The Morgan fingerprint density at radius 1 is 1.47 bits per heavy atom. The van der Waals surface area contributed by atoms with E-state index in [1.807, 2.05) is 24.3 Å². The van der Waals surface area contributed by atoms with E-state index in [4.69, 9.17) is 5.73 Å². The SMILES string of the molecule is NCc1cccc(NC(=O)[C@@H]2CCCCN2)c1. The lowest BCUT2D eigenvalue weighted by atomic mass is 10.0. The first kappa shape index (κ1) is 12.1. The molecule has 1 fully saturated rings. The van der Waals surface area contributed by atoms with Crippen molar-refractivity contribution in [3.05, 3.63) is 29.8 Å². The molecule has 1 aromatic carbocycles. The molecule has 92 valence electrons. The van der Waals surface area contributed by atoms with Gasteiger partial charge in [0.1, 0.15) is 0 Å². The topological polar surface area (TPSA) is 67.1 Å². The van der Waals surface area contributed by atoms with Crippen LogP contribution in [0.3, 0.4) is 0 Å². The van der Waals surface area contributed by atoms with Gasteiger partial charge in [-0.25, -0.2) is 0 Å². The third-order valence-electron chi connectivity index (χ3n) is 3.06. The van der Waals surface area contributed by atoms with E-state index in [0.717, 1.165) is 37.1 Å². The molecule has 2 rings (SSSR count). The lowest BCUT2D eigenvalue weighted by Gasteiger charge is -2.22. The Morgan fingerprint density at radius 3 is 3.06 bits per heavy atom. The second-order valence-electron chi connectivity index (χ2n) is 4.40. The molecule has 4 N–H and O–H groups in total. The Morgan fingerprint density at radius 2 is 2.35 bits per heavy atom. The smallest absolute Gasteiger partial charge is 0.241 e. The summed E-state index contributed by atoms with van der Waals surface area (Å²) in [5, 5.41) is 6.16. The number of hydrogen-bond acceptors (Lipinski definition) is 3. The van der Waals surface area contributed by atoms with Gasteiger partial charge in [0.15, 0.2) is 0 Å². The van der Waals surface area contributed by atoms with Crippen molar-refractivity contribution in [2.45, 2.75) is 31.8 Å². The summed E-state index contributed by atoms with van der Waals surface area (Å²) in [5.41, 5.74) is 7.42. The highest BCUT2D eigenvalue weighted by atomic mass is 16.2. The number of nitrogens with two attached hydrogens (primary N) is 1. The predicted molar refractivity (Wildman–Crippen MR) is 68.6 cm³/mol. The lowest BCUT2D eigenvalue weighted by molar-refractivity contribution is -0.118. The zero-order valence-electron chi connectivity index (χ0n) is 9.91. The maximum absolute atomic E-state index is 12.0. The molecule has 1 amide bonds. The third-order valence-corrected chi connectivity index (χ3v) is 3.06. The maximum Gasteiger partial charge on any atom is 0.241 e. The number of anilines is 1. The average Bonchev–Trinajstić information content (AvgIpc) is 2.40. The first-order chi connectivity index (χ1) is 8.29. The van der Waals surface area contributed by atoms with E-state index in [1.165, 1.54) is 0 Å². The van der Waals surface area contributed by atoms with Crippen molar-refractivity contribution in [1.82, 2.24) is 5.32 Å². The van der Waals surface area contributed by atoms with E-state index < -0.39 is 0 Å². The third kappa shape index (κ3) is 3.28. The highest BCUT2D eigenvalue weighted by Gasteiger charge is 2.20. The summed E-state index contributed by atoms with van der Waals surface area (Å²) in [6.45, 7) is 1.42. The van der Waals surface area contributed by atoms with Gasteiger partial charge in [-0.3, -0.25) is 4.79 Å². The number of carbonyl (C=O) groups excluding carboxylic acids is 1. The van der Waals surface area contributed by atoms with Crippen molar-refractivity contribution < 1.29 is 4.79 Å². The molecular weight excluding hydrogens is 214 g/mol. The van der Waals surface area contributed by atoms with E-state index in [9.17, 15) is 4.79 Å². The van der Waals surface area contributed by atoms with Crippen molar-refractivity contribution in [2.75, 3.05) is 11.9 Å². The standard InChI is InChI=1S/C13H19N3O/c14-9-10-4-3-5-11(8-10)16-13(17)12-6-1-2-7-15-12/h3-5,8,12,15H,1-2,6-7,9,14H2,(H,16,17)/t12-/m0/s1. The van der Waals surface area contributed by atoms with Crippen LogP contribution < -0.4 is 16.4 Å². The average molecular weight is 233 g/mol. The summed E-state index contributed by atoms with van der Waals surface area (Å²) in [6, 6.07) is 7.62. The van der Waals surface area contributed by atoms with Gasteiger partial charge in [0.2, 0.25) is 5.91 Å². The number of benzene rings is 1. The number of amides is 1. The molecule has 1 aliphatic heterocycles. The molecule has 1 saturated heterocycles. The summed E-state index contributed by atoms with van der Waals surface area (Å²) in [7, 11) is 0. The normalized spacial score (nSPS) is 19.9. The first-order valence-electron chi connectivity index (χ1n) is 6.13. The van der Waals surface area contributed by atoms with Crippen LogP contribution in [-0.4, -0.2) is 18.5 Å². The number of nitrogens with one attached hydrogen (secondary N) is 2. The quantitative estimate of drug-likeness (QED) is 0.735. The van der Waals surface area contributed by atoms with Crippen LogP contribution in [0.1, 0.15) is 24.8 Å². The Bertz CT molecular complexity index is 386. The molecule has 1 aliphatic rings. The van der Waals surface area contributed by atoms with Crippen LogP contribution >= 0.6 is 0 Å². The highest BCUT2D eigenvalue weighted by Crippen LogP contribution is 2.13. The monoisotopic (exact) mass is 233 g/mol. The Labute approximate surface area is 102 Å². The van der Waals surface area contributed by atoms with Gasteiger partial charge < -0.3 is 16.4 Å². The number of piperidine rings is 1. The Hall–Kier alpha value is -1.39. The van der Waals surface area contributed by atoms with Gasteiger partial charge in [-0.2, -0.15) is 0 Å². The molecule has 4 heteroatoms. The molecule has 0 saturated carbocycles. The summed E-state index contributed by atoms with van der Waals surface area (Å²) < 4.78 is 0. The molecule has 0 unspecified atom stereocenters. The molecule has 0 spiro atoms. The van der Waals surface area contributed by atoms with Crippen LogP contribution in [0, 0.1) is 0 Å². The van der Waals surface area contributed by atoms with Gasteiger partial charge in [0, 0.05) is 12.2 Å². The maximum atomic E-state index is 12.0. The number of rotatable bonds is 3. The largest absolute Gasteiger partial charge is 0.326 e. The molecule has 0 aliphatic carbocycles. The molecule has 0 radical (unpaired) electrons. The van der Waals surface area contributed by atoms with Crippen LogP contribution in [0.5, 0.6) is 0 Å². The number of hydrogen-bond donors (Lipinski definition) is 3. The van der Waals surface area contributed by atoms with E-state index in [0.29, 0.717) is 6.54 Å².